The Morgan fingerprint density at radius 1 is 0.967 bits per heavy atom. The number of thiocarbonyl (C=S) groups is 1. The van der Waals surface area contributed by atoms with Gasteiger partial charge in [-0.15, -0.1) is 0 Å². The van der Waals surface area contributed by atoms with Crippen LogP contribution in [0.2, 0.25) is 0 Å². The van der Waals surface area contributed by atoms with E-state index >= 15 is 0 Å². The summed E-state index contributed by atoms with van der Waals surface area (Å²) in [6, 6.07) is 8.46. The fourth-order valence-corrected chi connectivity index (χ4v) is 2.83. The molecule has 0 fully saturated rings. The van der Waals surface area contributed by atoms with Crippen molar-refractivity contribution in [2.75, 3.05) is 32.0 Å². The minimum atomic E-state index is -0.446. The van der Waals surface area contributed by atoms with Crippen molar-refractivity contribution in [3.63, 3.8) is 0 Å². The van der Waals surface area contributed by atoms with Crippen LogP contribution in [0.5, 0.6) is 17.2 Å². The Bertz CT molecular complexity index is 937. The predicted molar refractivity (Wildman–Crippen MR) is 120 cm³/mol. The Balaban J connectivity index is 2.14. The zero-order valence-corrected chi connectivity index (χ0v) is 18.4. The summed E-state index contributed by atoms with van der Waals surface area (Å²) >= 11 is 5.25. The van der Waals surface area contributed by atoms with Gasteiger partial charge in [0.2, 0.25) is 11.7 Å². The average Bonchev–Trinajstić information content (AvgIpc) is 2.74. The van der Waals surface area contributed by atoms with E-state index in [9.17, 15) is 9.59 Å². The van der Waals surface area contributed by atoms with Gasteiger partial charge in [0, 0.05) is 23.4 Å². The smallest absolute Gasteiger partial charge is 0.257 e. The van der Waals surface area contributed by atoms with E-state index in [4.69, 9.17) is 26.4 Å². The third-order valence-corrected chi connectivity index (χ3v) is 4.45. The van der Waals surface area contributed by atoms with Gasteiger partial charge in [-0.1, -0.05) is 13.0 Å². The molecule has 3 N–H and O–H groups in total. The second-order valence-electron chi connectivity index (χ2n) is 6.25. The van der Waals surface area contributed by atoms with E-state index in [1.165, 1.54) is 33.5 Å². The molecule has 0 unspecified atom stereocenters. The topological polar surface area (TPSA) is 97.9 Å². The molecule has 0 saturated carbocycles. The third-order valence-electron chi connectivity index (χ3n) is 4.24. The van der Waals surface area contributed by atoms with Gasteiger partial charge in [0.15, 0.2) is 16.6 Å². The fourth-order valence-electron chi connectivity index (χ4n) is 2.62. The molecule has 0 bridgehead atoms. The van der Waals surface area contributed by atoms with Gasteiger partial charge in [0.25, 0.3) is 5.91 Å². The first-order valence-electron chi connectivity index (χ1n) is 9.15. The molecule has 2 amide bonds. The van der Waals surface area contributed by atoms with Crippen LogP contribution in [0, 0.1) is 6.92 Å². The lowest BCUT2D eigenvalue weighted by Gasteiger charge is -2.15. The summed E-state index contributed by atoms with van der Waals surface area (Å²) < 4.78 is 15.8. The van der Waals surface area contributed by atoms with Crippen LogP contribution in [-0.2, 0) is 4.79 Å². The molecule has 0 spiro atoms. The summed E-state index contributed by atoms with van der Waals surface area (Å²) in [6.07, 6.45) is 0.375. The van der Waals surface area contributed by atoms with E-state index in [2.05, 4.69) is 16.0 Å². The number of carbonyl (C=O) groups excluding carboxylic acids is 2. The number of carbonyl (C=O) groups is 2. The van der Waals surface area contributed by atoms with Crippen molar-refractivity contribution in [2.45, 2.75) is 20.3 Å². The number of methoxy groups -OCH3 is 3. The number of rotatable bonds is 7. The lowest BCUT2D eigenvalue weighted by Crippen LogP contribution is -2.34. The first-order chi connectivity index (χ1) is 14.3. The van der Waals surface area contributed by atoms with Gasteiger partial charge in [0.1, 0.15) is 0 Å². The van der Waals surface area contributed by atoms with Crippen molar-refractivity contribution < 1.29 is 23.8 Å². The lowest BCUT2D eigenvalue weighted by molar-refractivity contribution is -0.115. The van der Waals surface area contributed by atoms with Gasteiger partial charge in [-0.2, -0.15) is 0 Å². The summed E-state index contributed by atoms with van der Waals surface area (Å²) in [5.74, 6) is 0.567. The van der Waals surface area contributed by atoms with E-state index < -0.39 is 5.91 Å². The Morgan fingerprint density at radius 3 is 2.13 bits per heavy atom. The molecule has 0 aromatic heterocycles. The molecule has 9 heteroatoms. The number of hydrogen-bond donors (Lipinski definition) is 3. The minimum absolute atomic E-state index is 0.0893. The number of anilines is 2. The maximum absolute atomic E-state index is 12.6. The molecule has 0 heterocycles. The summed E-state index contributed by atoms with van der Waals surface area (Å²) in [5, 5.41) is 8.48. The number of benzene rings is 2. The van der Waals surface area contributed by atoms with Crippen LogP contribution >= 0.6 is 12.2 Å². The molecular formula is C21H25N3O5S. The highest BCUT2D eigenvalue weighted by atomic mass is 32.1. The molecule has 0 saturated heterocycles. The molecule has 2 rings (SSSR count). The highest BCUT2D eigenvalue weighted by molar-refractivity contribution is 7.80. The summed E-state index contributed by atoms with van der Waals surface area (Å²) in [4.78, 5) is 24.3. The molecule has 2 aromatic rings. The number of amides is 2. The van der Waals surface area contributed by atoms with Crippen molar-refractivity contribution >= 4 is 40.5 Å². The number of aryl methyl sites for hydroxylation is 1. The molecule has 0 aliphatic carbocycles. The summed E-state index contributed by atoms with van der Waals surface area (Å²) in [7, 11) is 4.42. The average molecular weight is 432 g/mol. The third kappa shape index (κ3) is 5.60. The molecule has 8 nitrogen and oxygen atoms in total. The predicted octanol–water partition coefficient (Wildman–Crippen LogP) is 3.50. The summed E-state index contributed by atoms with van der Waals surface area (Å²) in [5.41, 5.74) is 2.50. The SMILES string of the molecule is CCC(=O)Nc1cc(NC(=S)NC(=O)c2cc(OC)c(OC)c(OC)c2)ccc1C. The normalized spacial score (nSPS) is 10.0. The molecule has 2 aromatic carbocycles. The van der Waals surface area contributed by atoms with Gasteiger partial charge in [-0.05, 0) is 49.0 Å². The van der Waals surface area contributed by atoms with Crippen LogP contribution < -0.4 is 30.2 Å². The molecular weight excluding hydrogens is 406 g/mol. The highest BCUT2D eigenvalue weighted by Gasteiger charge is 2.18. The van der Waals surface area contributed by atoms with Gasteiger partial charge in [-0.3, -0.25) is 14.9 Å². The van der Waals surface area contributed by atoms with Crippen molar-refractivity contribution in [2.24, 2.45) is 0 Å². The fraction of sp³-hybridized carbons (Fsp3) is 0.286. The molecule has 0 radical (unpaired) electrons. The van der Waals surface area contributed by atoms with Gasteiger partial charge in [-0.25, -0.2) is 0 Å². The van der Waals surface area contributed by atoms with E-state index in [1.807, 2.05) is 13.0 Å². The second kappa shape index (κ2) is 10.4. The van der Waals surface area contributed by atoms with Crippen LogP contribution in [-0.4, -0.2) is 38.3 Å². The Labute approximate surface area is 180 Å². The number of hydrogen-bond acceptors (Lipinski definition) is 6. The zero-order valence-electron chi connectivity index (χ0n) is 17.5. The van der Waals surface area contributed by atoms with Crippen molar-refractivity contribution in [3.8, 4) is 17.2 Å². The van der Waals surface area contributed by atoms with Gasteiger partial charge >= 0.3 is 0 Å². The first-order valence-corrected chi connectivity index (χ1v) is 9.56. The summed E-state index contributed by atoms with van der Waals surface area (Å²) in [6.45, 7) is 3.67. The van der Waals surface area contributed by atoms with E-state index in [-0.39, 0.29) is 16.6 Å². The maximum Gasteiger partial charge on any atom is 0.257 e. The Kier molecular flexibility index (Phi) is 7.99. The quantitative estimate of drug-likeness (QED) is 0.577. The van der Waals surface area contributed by atoms with E-state index in [0.29, 0.717) is 35.0 Å². The van der Waals surface area contributed by atoms with Crippen LogP contribution in [0.25, 0.3) is 0 Å². The minimum Gasteiger partial charge on any atom is -0.493 e. The number of nitrogens with one attached hydrogen (secondary N) is 3. The molecule has 160 valence electrons. The molecule has 30 heavy (non-hydrogen) atoms. The molecule has 0 aliphatic heterocycles. The van der Waals surface area contributed by atoms with Crippen molar-refractivity contribution in [3.05, 3.63) is 41.5 Å². The van der Waals surface area contributed by atoms with Crippen LogP contribution in [0.4, 0.5) is 11.4 Å². The first kappa shape index (κ1) is 23.0. The maximum atomic E-state index is 12.6. The highest BCUT2D eigenvalue weighted by Crippen LogP contribution is 2.38. The zero-order chi connectivity index (χ0) is 22.3. The lowest BCUT2D eigenvalue weighted by atomic mass is 10.1. The standard InChI is InChI=1S/C21H25N3O5S/c1-6-18(25)23-15-11-14(8-7-12(15)2)22-21(30)24-20(26)13-9-16(27-3)19(29-5)17(10-13)28-4/h7-11H,6H2,1-5H3,(H,23,25)(H2,22,24,26,30). The van der Waals surface area contributed by atoms with Crippen molar-refractivity contribution in [1.29, 1.82) is 0 Å². The largest absolute Gasteiger partial charge is 0.493 e. The molecule has 0 aliphatic rings. The van der Waals surface area contributed by atoms with E-state index in [1.54, 1.807) is 19.1 Å². The van der Waals surface area contributed by atoms with E-state index in [0.717, 1.165) is 5.56 Å². The second-order valence-corrected chi connectivity index (χ2v) is 6.66. The molecule has 0 atom stereocenters. The monoisotopic (exact) mass is 431 g/mol. The van der Waals surface area contributed by atoms with Crippen LogP contribution in [0.3, 0.4) is 0 Å². The van der Waals surface area contributed by atoms with Crippen molar-refractivity contribution in [1.82, 2.24) is 5.32 Å². The van der Waals surface area contributed by atoms with Gasteiger partial charge in [0.05, 0.1) is 21.3 Å². The van der Waals surface area contributed by atoms with Crippen LogP contribution in [0.15, 0.2) is 30.3 Å². The Hall–Kier alpha value is -3.33. The van der Waals surface area contributed by atoms with Gasteiger partial charge < -0.3 is 24.8 Å². The van der Waals surface area contributed by atoms with Crippen LogP contribution in [0.1, 0.15) is 29.3 Å². The Morgan fingerprint density at radius 2 is 1.60 bits per heavy atom. The number of ether oxygens (including phenoxy) is 3.